The molecule has 2 aromatic heterocycles. The van der Waals surface area contributed by atoms with Crippen molar-refractivity contribution < 1.29 is 40.2 Å². The largest absolute Gasteiger partial charge is 0.336 e. The molecule has 454 valence electrons. The third-order valence-electron chi connectivity index (χ3n) is 17.1. The Hall–Kier alpha value is -7.30. The Labute approximate surface area is 553 Å². The fourth-order valence-corrected chi connectivity index (χ4v) is 12.5. The van der Waals surface area contributed by atoms with Crippen LogP contribution < -0.4 is 0 Å². The van der Waals surface area contributed by atoms with E-state index in [1.54, 1.807) is 0 Å². The van der Waals surface area contributed by atoms with Gasteiger partial charge in [-0.3, -0.25) is 9.97 Å². The number of benzene rings is 9. The molecule has 88 heavy (non-hydrogen) atoms. The van der Waals surface area contributed by atoms with Crippen molar-refractivity contribution in [2.24, 2.45) is 0 Å². The first-order valence-corrected chi connectivity index (χ1v) is 31.4. The number of hydrogen-bond donors (Lipinski definition) is 0. The van der Waals surface area contributed by atoms with Gasteiger partial charge in [0, 0.05) is 73.8 Å². The van der Waals surface area contributed by atoms with E-state index >= 15 is 0 Å². The van der Waals surface area contributed by atoms with E-state index in [0.29, 0.717) is 5.92 Å². The molecule has 0 N–H and O–H groups in total. The number of hydrogen-bond acceptors (Lipinski definition) is 2. The first-order chi connectivity index (χ1) is 41.6. The zero-order chi connectivity index (χ0) is 60.5. The van der Waals surface area contributed by atoms with Crippen molar-refractivity contribution in [3.63, 3.8) is 0 Å². The van der Waals surface area contributed by atoms with Gasteiger partial charge in [-0.2, -0.15) is 0 Å². The van der Waals surface area contributed by atoms with E-state index in [1.165, 1.54) is 121 Å². The van der Waals surface area contributed by atoms with E-state index in [2.05, 4.69) is 311 Å². The summed E-state index contributed by atoms with van der Waals surface area (Å²) < 4.78 is 4.91. The van der Waals surface area contributed by atoms with Crippen LogP contribution in [0.2, 0.25) is 0 Å². The van der Waals surface area contributed by atoms with Gasteiger partial charge < -0.3 is 9.13 Å². The third-order valence-corrected chi connectivity index (χ3v) is 17.1. The van der Waals surface area contributed by atoms with E-state index in [-0.39, 0.29) is 51.0 Å². The van der Waals surface area contributed by atoms with Gasteiger partial charge in [0.05, 0.1) is 23.0 Å². The van der Waals surface area contributed by atoms with Crippen molar-refractivity contribution in [3.05, 3.63) is 264 Å². The number of unbranched alkanes of at least 4 members (excludes halogenated alkanes) is 2. The second-order valence-electron chi connectivity index (χ2n) is 25.1. The van der Waals surface area contributed by atoms with Gasteiger partial charge in [0.25, 0.3) is 0 Å². The van der Waals surface area contributed by atoms with Crippen LogP contribution in [0.25, 0.3) is 89.8 Å². The molecule has 0 aliphatic carbocycles. The van der Waals surface area contributed by atoms with Crippen LogP contribution in [0.4, 0.5) is 0 Å². The van der Waals surface area contributed by atoms with E-state index < -0.39 is 0 Å². The summed E-state index contributed by atoms with van der Waals surface area (Å²) in [5.41, 5.74) is 25.1. The number of aryl methyl sites for hydroxylation is 4. The summed E-state index contributed by atoms with van der Waals surface area (Å²) in [5.74, 6) is 2.26. The Kier molecular flexibility index (Phi) is 22.6. The molecule has 2 heterocycles. The second-order valence-corrected chi connectivity index (χ2v) is 25.1. The average Bonchev–Trinajstić information content (AvgIpc) is 1.64. The summed E-state index contributed by atoms with van der Waals surface area (Å²) in [5, 5.41) is 0. The van der Waals surface area contributed by atoms with Gasteiger partial charge in [-0.1, -0.05) is 233 Å². The van der Waals surface area contributed by atoms with E-state index in [9.17, 15) is 0 Å². The number of aromatic nitrogens is 4. The van der Waals surface area contributed by atoms with Crippen LogP contribution in [-0.4, -0.2) is 19.1 Å². The smallest absolute Gasteiger partial charge is 0.0608 e. The summed E-state index contributed by atoms with van der Waals surface area (Å²) in [6.07, 6.45) is 7.83. The van der Waals surface area contributed by atoms with Crippen LogP contribution in [0.3, 0.4) is 0 Å². The van der Waals surface area contributed by atoms with Crippen LogP contribution >= 0.6 is 0 Å². The van der Waals surface area contributed by atoms with Gasteiger partial charge >= 0.3 is 0 Å². The molecule has 0 saturated carbocycles. The Morgan fingerprint density at radius 1 is 0.409 bits per heavy atom. The summed E-state index contributed by atoms with van der Waals surface area (Å²) in [6, 6.07) is 83.2. The van der Waals surface area contributed by atoms with Gasteiger partial charge in [-0.25, -0.2) is 0 Å². The molecule has 11 aromatic rings. The van der Waals surface area contributed by atoms with Crippen LogP contribution in [0.15, 0.2) is 212 Å². The fourth-order valence-electron chi connectivity index (χ4n) is 12.5. The van der Waals surface area contributed by atoms with Crippen molar-refractivity contribution in [2.75, 3.05) is 0 Å². The molecule has 0 saturated heterocycles. The molecule has 0 aliphatic heterocycles. The minimum Gasteiger partial charge on any atom is -0.336 e. The molecular formula is C82H86Ir2N4-2. The quantitative estimate of drug-likeness (QED) is 0.0757. The van der Waals surface area contributed by atoms with Gasteiger partial charge in [0.15, 0.2) is 0 Å². The monoisotopic (exact) mass is 1510 g/mol. The minimum atomic E-state index is -0.0661. The Bertz CT molecular complexity index is 4000. The molecule has 0 bridgehead atoms. The van der Waals surface area contributed by atoms with E-state index in [4.69, 9.17) is 9.97 Å². The number of nitrogens with zero attached hydrogens (tertiary/aromatic N) is 4. The van der Waals surface area contributed by atoms with Crippen molar-refractivity contribution in [3.8, 4) is 89.8 Å². The first-order valence-electron chi connectivity index (χ1n) is 31.4. The summed E-state index contributed by atoms with van der Waals surface area (Å²) >= 11 is 0. The topological polar surface area (TPSA) is 35.6 Å². The normalized spacial score (nSPS) is 11.4. The maximum atomic E-state index is 5.47. The molecule has 0 aliphatic rings. The number of imidazole rings is 2. The van der Waals surface area contributed by atoms with Gasteiger partial charge in [0.2, 0.25) is 0 Å². The van der Waals surface area contributed by atoms with E-state index in [1.807, 2.05) is 6.07 Å². The van der Waals surface area contributed by atoms with Gasteiger partial charge in [0.1, 0.15) is 0 Å². The minimum absolute atomic E-state index is 0. The van der Waals surface area contributed by atoms with Crippen molar-refractivity contribution in [2.45, 2.75) is 145 Å². The Morgan fingerprint density at radius 3 is 1.23 bits per heavy atom. The molecule has 9 aromatic carbocycles. The molecule has 6 heteroatoms. The standard InChI is InChI=1S/C49H47N2.C33H39N2.2Ir/c1-6-8-29-49(4,5)47-45(7-2)50-48(51(47)46-28-27-40(30-35(46)3)36-19-12-9-13-20-36)41-26-18-25-39(31-41)44-33-42(37-21-14-10-15-22-37)32-43(34-44)38-23-16-11-17-24-38;1-8-9-20-33(6,7)31-30(23(2)3)34-32(35(31)29-19-18-24(4)21-25(29)5)28-17-13-16-27(22-28)26-14-11-10-12-15-26;;/h9-25,27-28,30-34H,6-8,29H2,1-5H3;10-16,18-19,21-23H,8-9,20H2,1-7H3;;/q2*-1;;. The van der Waals surface area contributed by atoms with Crippen molar-refractivity contribution in [1.82, 2.24) is 19.1 Å². The first kappa shape index (κ1) is 66.6. The maximum absolute atomic E-state index is 5.47. The molecule has 0 fully saturated rings. The van der Waals surface area contributed by atoms with E-state index in [0.717, 1.165) is 53.3 Å². The molecule has 11 rings (SSSR count). The fraction of sp³-hybridized carbons (Fsp3) is 0.268. The maximum Gasteiger partial charge on any atom is 0.0608 e. The van der Waals surface area contributed by atoms with Crippen molar-refractivity contribution >= 4 is 0 Å². The molecule has 2 radical (unpaired) electrons. The summed E-state index contributed by atoms with van der Waals surface area (Å²) in [4.78, 5) is 10.8. The van der Waals surface area contributed by atoms with Crippen molar-refractivity contribution in [1.29, 1.82) is 0 Å². The molecule has 0 atom stereocenters. The SMILES string of the molecule is CCCCC(C)(C)c1c(C(C)C)nc(-c2[c-]ccc(-c3ccccc3)c2)n1-c1ccc(C)cc1C.CCCCC(C)(C)c1c(CC)nc(-c2[c-]ccc(-c3cc(-c4ccccc4)cc(-c4ccccc4)c3)c2)n1-c1ccc(-c2ccccc2)cc1C.[Ir].[Ir]. The van der Waals surface area contributed by atoms with Gasteiger partial charge in [-0.15, -0.1) is 70.8 Å². The number of rotatable bonds is 19. The van der Waals surface area contributed by atoms with Gasteiger partial charge in [-0.05, 0) is 138 Å². The predicted molar refractivity (Wildman–Crippen MR) is 366 cm³/mol. The predicted octanol–water partition coefficient (Wildman–Crippen LogP) is 22.6. The summed E-state index contributed by atoms with van der Waals surface area (Å²) in [7, 11) is 0. The summed E-state index contributed by atoms with van der Waals surface area (Å²) in [6.45, 7) is 27.5. The Balaban J connectivity index is 0.000000238. The Morgan fingerprint density at radius 2 is 0.795 bits per heavy atom. The third kappa shape index (κ3) is 14.9. The van der Waals surface area contributed by atoms with Crippen LogP contribution in [0, 0.1) is 32.9 Å². The van der Waals surface area contributed by atoms with Crippen LogP contribution in [-0.2, 0) is 57.5 Å². The zero-order valence-electron chi connectivity index (χ0n) is 53.7. The molecule has 4 nitrogen and oxygen atoms in total. The average molecular weight is 1510 g/mol. The van der Waals surface area contributed by atoms with Crippen LogP contribution in [0.1, 0.15) is 146 Å². The molecular weight excluding hydrogens is 1430 g/mol. The zero-order valence-corrected chi connectivity index (χ0v) is 58.5. The second kappa shape index (κ2) is 29.8. The molecule has 0 spiro atoms. The molecule has 0 unspecified atom stereocenters. The molecule has 0 amide bonds. The van der Waals surface area contributed by atoms with Crippen LogP contribution in [0.5, 0.6) is 0 Å².